The Kier molecular flexibility index (Phi) is 6.05. The Hall–Kier alpha value is -4.04. The number of morpholine rings is 1. The summed E-state index contributed by atoms with van der Waals surface area (Å²) >= 11 is 0. The highest BCUT2D eigenvalue weighted by molar-refractivity contribution is 5.94. The Balaban J connectivity index is 1.77. The lowest BCUT2D eigenvalue weighted by molar-refractivity contribution is -0.384. The monoisotopic (exact) mass is 470 g/mol. The minimum Gasteiger partial charge on any atom is -0.378 e. The van der Waals surface area contributed by atoms with E-state index in [9.17, 15) is 14.9 Å². The predicted octanol–water partition coefficient (Wildman–Crippen LogP) is 4.92. The maximum atomic E-state index is 13.6. The minimum absolute atomic E-state index is 0.149. The van der Waals surface area contributed by atoms with Crippen LogP contribution in [0.3, 0.4) is 0 Å². The number of nitro groups is 1. The van der Waals surface area contributed by atoms with Crippen LogP contribution in [0.5, 0.6) is 0 Å². The molecule has 4 aromatic rings. The number of benzene rings is 3. The third kappa shape index (κ3) is 4.28. The van der Waals surface area contributed by atoms with E-state index in [1.54, 1.807) is 24.3 Å². The molecule has 3 aromatic carbocycles. The topological polar surface area (TPSA) is 90.5 Å². The average Bonchev–Trinajstić information content (AvgIpc) is 2.89. The van der Waals surface area contributed by atoms with Gasteiger partial charge in [0, 0.05) is 35.8 Å². The van der Waals surface area contributed by atoms with Gasteiger partial charge in [-0.2, -0.15) is 9.78 Å². The molecule has 1 aliphatic heterocycles. The van der Waals surface area contributed by atoms with E-state index in [0.29, 0.717) is 48.7 Å². The Morgan fingerprint density at radius 2 is 1.71 bits per heavy atom. The number of rotatable bonds is 5. The van der Waals surface area contributed by atoms with Gasteiger partial charge in [-0.1, -0.05) is 50.2 Å². The van der Waals surface area contributed by atoms with Crippen molar-refractivity contribution < 1.29 is 9.66 Å². The molecule has 1 saturated heterocycles. The Labute approximate surface area is 202 Å². The molecule has 0 N–H and O–H groups in total. The number of nitrogens with zero attached hydrogens (tertiary/aromatic N) is 4. The first-order valence-corrected chi connectivity index (χ1v) is 11.7. The number of hydrogen-bond donors (Lipinski definition) is 0. The summed E-state index contributed by atoms with van der Waals surface area (Å²) in [5, 5.41) is 17.9. The second-order valence-corrected chi connectivity index (χ2v) is 8.92. The predicted molar refractivity (Wildman–Crippen MR) is 137 cm³/mol. The van der Waals surface area contributed by atoms with E-state index in [0.717, 1.165) is 16.8 Å². The normalized spacial score (nSPS) is 14.0. The quantitative estimate of drug-likeness (QED) is 0.304. The second kappa shape index (κ2) is 9.31. The van der Waals surface area contributed by atoms with Crippen LogP contribution in [-0.4, -0.2) is 41.0 Å². The molecule has 178 valence electrons. The molecule has 0 bridgehead atoms. The fraction of sp³-hybridized carbons (Fsp3) is 0.259. The standard InChI is InChI=1S/C27H26N4O4/c1-18(2)19-6-5-7-20(16-19)26-22-8-3-4-9-23(22)27(32)30(28-26)25-17-21(10-11-24(25)31(33)34)29-12-14-35-15-13-29/h3-11,16-18H,12-15H2,1-2H3. The van der Waals surface area contributed by atoms with Crippen molar-refractivity contribution in [3.8, 4) is 16.9 Å². The van der Waals surface area contributed by atoms with E-state index in [2.05, 4.69) is 30.9 Å². The summed E-state index contributed by atoms with van der Waals surface area (Å²) in [4.78, 5) is 27.2. The van der Waals surface area contributed by atoms with Crippen molar-refractivity contribution in [3.05, 3.63) is 92.8 Å². The molecule has 1 aromatic heterocycles. The highest BCUT2D eigenvalue weighted by Gasteiger charge is 2.23. The van der Waals surface area contributed by atoms with Gasteiger partial charge in [0.1, 0.15) is 5.69 Å². The summed E-state index contributed by atoms with van der Waals surface area (Å²) in [6, 6.07) is 20.1. The van der Waals surface area contributed by atoms with Gasteiger partial charge in [0.2, 0.25) is 0 Å². The van der Waals surface area contributed by atoms with Gasteiger partial charge in [0.15, 0.2) is 0 Å². The van der Waals surface area contributed by atoms with Crippen molar-refractivity contribution in [1.29, 1.82) is 0 Å². The van der Waals surface area contributed by atoms with Crippen LogP contribution in [0.1, 0.15) is 25.3 Å². The van der Waals surface area contributed by atoms with Crippen molar-refractivity contribution in [2.45, 2.75) is 19.8 Å². The lowest BCUT2D eigenvalue weighted by atomic mass is 9.98. The van der Waals surface area contributed by atoms with Gasteiger partial charge in [-0.05, 0) is 35.7 Å². The first-order chi connectivity index (χ1) is 16.9. The molecule has 0 spiro atoms. The smallest absolute Gasteiger partial charge is 0.295 e. The molecule has 8 heteroatoms. The maximum absolute atomic E-state index is 13.6. The number of nitro benzene ring substituents is 1. The van der Waals surface area contributed by atoms with Gasteiger partial charge in [-0.15, -0.1) is 0 Å². The molecule has 8 nitrogen and oxygen atoms in total. The molecule has 0 atom stereocenters. The molecular formula is C27H26N4O4. The molecule has 2 heterocycles. The zero-order chi connectivity index (χ0) is 24.5. The molecule has 1 fully saturated rings. The van der Waals surface area contributed by atoms with Crippen molar-refractivity contribution in [1.82, 2.24) is 9.78 Å². The molecule has 0 unspecified atom stereocenters. The number of ether oxygens (including phenoxy) is 1. The van der Waals surface area contributed by atoms with Gasteiger partial charge in [-0.25, -0.2) is 0 Å². The number of anilines is 1. The van der Waals surface area contributed by atoms with Crippen molar-refractivity contribution >= 4 is 22.1 Å². The van der Waals surface area contributed by atoms with Crippen molar-refractivity contribution in [2.75, 3.05) is 31.2 Å². The van der Waals surface area contributed by atoms with Gasteiger partial charge >= 0.3 is 0 Å². The SMILES string of the molecule is CC(C)c1cccc(-c2nn(-c3cc(N4CCOCC4)ccc3[N+](=O)[O-])c(=O)c3ccccc23)c1. The Morgan fingerprint density at radius 3 is 2.43 bits per heavy atom. The lowest BCUT2D eigenvalue weighted by Crippen LogP contribution is -2.36. The van der Waals surface area contributed by atoms with Crippen LogP contribution in [0.25, 0.3) is 27.7 Å². The molecule has 0 amide bonds. The van der Waals surface area contributed by atoms with Gasteiger partial charge in [-0.3, -0.25) is 14.9 Å². The fourth-order valence-electron chi connectivity index (χ4n) is 4.47. The number of hydrogen-bond acceptors (Lipinski definition) is 6. The van der Waals surface area contributed by atoms with Crippen LogP contribution in [0, 0.1) is 10.1 Å². The number of aromatic nitrogens is 2. The van der Waals surface area contributed by atoms with Crippen LogP contribution in [-0.2, 0) is 4.74 Å². The van der Waals surface area contributed by atoms with Crippen LogP contribution < -0.4 is 10.5 Å². The molecule has 0 saturated carbocycles. The first kappa shape index (κ1) is 22.7. The zero-order valence-electron chi connectivity index (χ0n) is 19.7. The zero-order valence-corrected chi connectivity index (χ0v) is 19.7. The minimum atomic E-state index is -0.471. The van der Waals surface area contributed by atoms with E-state index in [1.165, 1.54) is 10.7 Å². The average molecular weight is 471 g/mol. The third-order valence-corrected chi connectivity index (χ3v) is 6.39. The number of fused-ring (bicyclic) bond motifs is 1. The molecular weight excluding hydrogens is 444 g/mol. The lowest BCUT2D eigenvalue weighted by Gasteiger charge is -2.29. The summed E-state index contributed by atoms with van der Waals surface area (Å²) in [5.41, 5.74) is 2.98. The maximum Gasteiger partial charge on any atom is 0.295 e. The van der Waals surface area contributed by atoms with Crippen molar-refractivity contribution in [2.24, 2.45) is 0 Å². The molecule has 0 radical (unpaired) electrons. The van der Waals surface area contributed by atoms with E-state index in [1.807, 2.05) is 24.3 Å². The van der Waals surface area contributed by atoms with Gasteiger partial charge in [0.25, 0.3) is 11.2 Å². The summed E-state index contributed by atoms with van der Waals surface area (Å²) in [6.07, 6.45) is 0. The fourth-order valence-corrected chi connectivity index (χ4v) is 4.47. The van der Waals surface area contributed by atoms with E-state index >= 15 is 0 Å². The van der Waals surface area contributed by atoms with Crippen LogP contribution in [0.4, 0.5) is 11.4 Å². The van der Waals surface area contributed by atoms with Crippen molar-refractivity contribution in [3.63, 3.8) is 0 Å². The Bertz CT molecular complexity index is 1470. The van der Waals surface area contributed by atoms with E-state index < -0.39 is 10.5 Å². The highest BCUT2D eigenvalue weighted by atomic mass is 16.6. The second-order valence-electron chi connectivity index (χ2n) is 8.92. The summed E-state index contributed by atoms with van der Waals surface area (Å²) < 4.78 is 6.62. The van der Waals surface area contributed by atoms with Crippen LogP contribution >= 0.6 is 0 Å². The summed E-state index contributed by atoms with van der Waals surface area (Å²) in [7, 11) is 0. The van der Waals surface area contributed by atoms with Gasteiger partial charge in [0.05, 0.1) is 29.2 Å². The van der Waals surface area contributed by atoms with E-state index in [-0.39, 0.29) is 11.4 Å². The largest absolute Gasteiger partial charge is 0.378 e. The third-order valence-electron chi connectivity index (χ3n) is 6.39. The highest BCUT2D eigenvalue weighted by Crippen LogP contribution is 2.31. The summed E-state index contributed by atoms with van der Waals surface area (Å²) in [5.74, 6) is 0.318. The van der Waals surface area contributed by atoms with Crippen LogP contribution in [0.15, 0.2) is 71.5 Å². The first-order valence-electron chi connectivity index (χ1n) is 11.7. The summed E-state index contributed by atoms with van der Waals surface area (Å²) in [6.45, 7) is 6.74. The molecule has 1 aliphatic rings. The molecule has 5 rings (SSSR count). The van der Waals surface area contributed by atoms with Gasteiger partial charge < -0.3 is 9.64 Å². The molecule has 0 aliphatic carbocycles. The van der Waals surface area contributed by atoms with E-state index in [4.69, 9.17) is 9.84 Å². The Morgan fingerprint density at radius 1 is 0.971 bits per heavy atom. The molecule has 35 heavy (non-hydrogen) atoms. The van der Waals surface area contributed by atoms with Crippen LogP contribution in [0.2, 0.25) is 0 Å².